The van der Waals surface area contributed by atoms with Gasteiger partial charge in [-0.25, -0.2) is 4.79 Å². The summed E-state index contributed by atoms with van der Waals surface area (Å²) in [6, 6.07) is 7.66. The second kappa shape index (κ2) is 7.87. The van der Waals surface area contributed by atoms with Crippen LogP contribution in [0.3, 0.4) is 0 Å². The molecule has 3 rings (SSSR count). The molecule has 0 amide bonds. The van der Waals surface area contributed by atoms with E-state index in [0.29, 0.717) is 23.3 Å². The van der Waals surface area contributed by atoms with Crippen molar-refractivity contribution in [2.45, 2.75) is 46.5 Å². The van der Waals surface area contributed by atoms with Crippen LogP contribution in [0.5, 0.6) is 11.5 Å². The fourth-order valence-electron chi connectivity index (χ4n) is 3.54. The van der Waals surface area contributed by atoms with Gasteiger partial charge in [-0.2, -0.15) is 0 Å². The van der Waals surface area contributed by atoms with E-state index in [-0.39, 0.29) is 12.5 Å². The highest BCUT2D eigenvalue weighted by Gasteiger charge is 2.30. The minimum Gasteiger partial charge on any atom is -0.507 e. The van der Waals surface area contributed by atoms with Gasteiger partial charge in [-0.1, -0.05) is 55.7 Å². The quantitative estimate of drug-likeness (QED) is 0.531. The first-order chi connectivity index (χ1) is 12.9. The van der Waals surface area contributed by atoms with Crippen LogP contribution in [0, 0.1) is 6.92 Å². The van der Waals surface area contributed by atoms with Gasteiger partial charge in [-0.3, -0.25) is 0 Å². The summed E-state index contributed by atoms with van der Waals surface area (Å²) in [5, 5.41) is 10.9. The second-order valence-corrected chi connectivity index (χ2v) is 7.11. The summed E-state index contributed by atoms with van der Waals surface area (Å²) in [5.41, 5.74) is 5.39. The average Bonchev–Trinajstić information content (AvgIpc) is 2.61. The summed E-state index contributed by atoms with van der Waals surface area (Å²) in [7, 11) is 0. The van der Waals surface area contributed by atoms with Crippen LogP contribution in [0.15, 0.2) is 30.8 Å². The van der Waals surface area contributed by atoms with Gasteiger partial charge in [-0.05, 0) is 49.4 Å². The Labute approximate surface area is 160 Å². The molecule has 142 valence electrons. The molecule has 2 aromatic carbocycles. The van der Waals surface area contributed by atoms with Crippen molar-refractivity contribution in [1.82, 2.24) is 0 Å². The Hall–Kier alpha value is -2.75. The van der Waals surface area contributed by atoms with Crippen LogP contribution >= 0.6 is 0 Å². The Balaban J connectivity index is 2.24. The summed E-state index contributed by atoms with van der Waals surface area (Å²) in [6.45, 7) is 9.94. The number of rotatable bonds is 6. The molecule has 0 saturated carbocycles. The standard InChI is InChI=1S/C23H26O4/c1-5-6-7-8-16-12-19(24)21(22-20(16)23(25)27-13-26-22)18-11-15(4)9-10-17(18)14(2)3/h9-12,24H,2,5-8,13H2,1,3-4H3. The van der Waals surface area contributed by atoms with E-state index in [0.717, 1.165) is 47.1 Å². The van der Waals surface area contributed by atoms with Crippen molar-refractivity contribution in [3.05, 3.63) is 53.1 Å². The minimum absolute atomic E-state index is 0.114. The first-order valence-corrected chi connectivity index (χ1v) is 9.39. The number of phenols is 1. The van der Waals surface area contributed by atoms with Gasteiger partial charge in [0.1, 0.15) is 17.1 Å². The maximum absolute atomic E-state index is 12.5. The monoisotopic (exact) mass is 366 g/mol. The molecule has 0 radical (unpaired) electrons. The third-order valence-electron chi connectivity index (χ3n) is 4.89. The molecule has 4 nitrogen and oxygen atoms in total. The van der Waals surface area contributed by atoms with Gasteiger partial charge < -0.3 is 14.6 Å². The molecule has 0 fully saturated rings. The number of phenolic OH excluding ortho intramolecular Hbond substituents is 1. The van der Waals surface area contributed by atoms with E-state index in [1.807, 2.05) is 32.0 Å². The van der Waals surface area contributed by atoms with Crippen molar-refractivity contribution in [3.63, 3.8) is 0 Å². The molecule has 0 aliphatic carbocycles. The van der Waals surface area contributed by atoms with Crippen LogP contribution in [-0.2, 0) is 11.2 Å². The average molecular weight is 366 g/mol. The van der Waals surface area contributed by atoms with Gasteiger partial charge in [-0.15, -0.1) is 0 Å². The SMILES string of the molecule is C=C(C)c1ccc(C)cc1-c1c(O)cc(CCCCC)c2c1OCOC2=O. The third kappa shape index (κ3) is 3.70. The highest BCUT2D eigenvalue weighted by molar-refractivity contribution is 6.00. The van der Waals surface area contributed by atoms with E-state index in [1.165, 1.54) is 0 Å². The summed E-state index contributed by atoms with van der Waals surface area (Å²) >= 11 is 0. The number of ether oxygens (including phenoxy) is 2. The van der Waals surface area contributed by atoms with Crippen molar-refractivity contribution >= 4 is 11.5 Å². The van der Waals surface area contributed by atoms with Gasteiger partial charge in [0, 0.05) is 0 Å². The van der Waals surface area contributed by atoms with E-state index in [2.05, 4.69) is 13.5 Å². The van der Waals surface area contributed by atoms with Crippen LogP contribution in [0.1, 0.15) is 60.2 Å². The molecule has 1 heterocycles. The molecule has 1 aliphatic heterocycles. The Morgan fingerprint density at radius 3 is 2.67 bits per heavy atom. The number of allylic oxidation sites excluding steroid dienone is 1. The van der Waals surface area contributed by atoms with Crippen LogP contribution < -0.4 is 4.74 Å². The van der Waals surface area contributed by atoms with Crippen molar-refractivity contribution < 1.29 is 19.4 Å². The van der Waals surface area contributed by atoms with E-state index in [9.17, 15) is 9.90 Å². The van der Waals surface area contributed by atoms with E-state index in [1.54, 1.807) is 6.07 Å². The van der Waals surface area contributed by atoms with Crippen molar-refractivity contribution in [3.8, 4) is 22.6 Å². The maximum Gasteiger partial charge on any atom is 0.345 e. The Bertz CT molecular complexity index is 896. The first kappa shape index (κ1) is 19.0. The van der Waals surface area contributed by atoms with Crippen LogP contribution in [0.25, 0.3) is 16.7 Å². The number of esters is 1. The lowest BCUT2D eigenvalue weighted by molar-refractivity contribution is 0.00486. The van der Waals surface area contributed by atoms with Crippen LogP contribution in [0.4, 0.5) is 0 Å². The maximum atomic E-state index is 12.5. The molecule has 27 heavy (non-hydrogen) atoms. The van der Waals surface area contributed by atoms with E-state index >= 15 is 0 Å². The number of unbranched alkanes of at least 4 members (excludes halogenated alkanes) is 2. The molecule has 4 heteroatoms. The number of aryl methyl sites for hydroxylation is 2. The minimum atomic E-state index is -0.395. The number of carbonyl (C=O) groups excluding carboxylic acids is 1. The number of cyclic esters (lactones) is 1. The topological polar surface area (TPSA) is 55.8 Å². The molecule has 0 bridgehead atoms. The Kier molecular flexibility index (Phi) is 5.54. The van der Waals surface area contributed by atoms with Crippen molar-refractivity contribution in [1.29, 1.82) is 0 Å². The lowest BCUT2D eigenvalue weighted by Crippen LogP contribution is -2.21. The molecule has 0 atom stereocenters. The number of fused-ring (bicyclic) bond motifs is 1. The molecular formula is C23H26O4. The molecule has 0 saturated heterocycles. The summed E-state index contributed by atoms with van der Waals surface area (Å²) in [4.78, 5) is 12.5. The molecule has 1 N–H and O–H groups in total. The zero-order valence-corrected chi connectivity index (χ0v) is 16.2. The van der Waals surface area contributed by atoms with Crippen LogP contribution in [0.2, 0.25) is 0 Å². The third-order valence-corrected chi connectivity index (χ3v) is 4.89. The summed E-state index contributed by atoms with van der Waals surface area (Å²) < 4.78 is 10.9. The fourth-order valence-corrected chi connectivity index (χ4v) is 3.54. The molecule has 0 spiro atoms. The van der Waals surface area contributed by atoms with Gasteiger partial charge >= 0.3 is 5.97 Å². The molecule has 0 aromatic heterocycles. The van der Waals surface area contributed by atoms with Gasteiger partial charge in [0.05, 0.1) is 5.56 Å². The highest BCUT2D eigenvalue weighted by Crippen LogP contribution is 2.46. The van der Waals surface area contributed by atoms with E-state index < -0.39 is 5.97 Å². The number of benzene rings is 2. The Morgan fingerprint density at radius 2 is 1.96 bits per heavy atom. The van der Waals surface area contributed by atoms with Gasteiger partial charge in [0.25, 0.3) is 0 Å². The predicted octanol–water partition coefficient (Wildman–Crippen LogP) is 5.64. The molecular weight excluding hydrogens is 340 g/mol. The van der Waals surface area contributed by atoms with Gasteiger partial charge in [0.15, 0.2) is 0 Å². The number of hydrogen-bond acceptors (Lipinski definition) is 4. The number of hydrogen-bond donors (Lipinski definition) is 1. The zero-order valence-electron chi connectivity index (χ0n) is 16.2. The normalized spacial score (nSPS) is 12.9. The lowest BCUT2D eigenvalue weighted by Gasteiger charge is -2.24. The molecule has 0 unspecified atom stereocenters. The van der Waals surface area contributed by atoms with Crippen molar-refractivity contribution in [2.24, 2.45) is 0 Å². The van der Waals surface area contributed by atoms with Gasteiger partial charge in [0.2, 0.25) is 6.79 Å². The largest absolute Gasteiger partial charge is 0.507 e. The first-order valence-electron chi connectivity index (χ1n) is 9.39. The van der Waals surface area contributed by atoms with Crippen molar-refractivity contribution in [2.75, 3.05) is 6.79 Å². The highest BCUT2D eigenvalue weighted by atomic mass is 16.7. The number of aromatic hydroxyl groups is 1. The van der Waals surface area contributed by atoms with Crippen LogP contribution in [-0.4, -0.2) is 17.9 Å². The smallest absolute Gasteiger partial charge is 0.345 e. The van der Waals surface area contributed by atoms with E-state index in [4.69, 9.17) is 9.47 Å². The zero-order chi connectivity index (χ0) is 19.6. The fraction of sp³-hybridized carbons (Fsp3) is 0.348. The summed E-state index contributed by atoms with van der Waals surface area (Å²) in [6.07, 6.45) is 3.78. The predicted molar refractivity (Wildman–Crippen MR) is 107 cm³/mol. The second-order valence-electron chi connectivity index (χ2n) is 7.11. The molecule has 1 aliphatic rings. The molecule has 2 aromatic rings. The lowest BCUT2D eigenvalue weighted by atomic mass is 9.89. The number of carbonyl (C=O) groups is 1. The Morgan fingerprint density at radius 1 is 1.19 bits per heavy atom. The summed E-state index contributed by atoms with van der Waals surface area (Å²) in [5.74, 6) is 0.127.